The normalized spacial score (nSPS) is 10.4. The molecule has 1 aromatic heterocycles. The van der Waals surface area contributed by atoms with Crippen molar-refractivity contribution in [3.8, 4) is 0 Å². The van der Waals surface area contributed by atoms with Crippen molar-refractivity contribution >= 4 is 5.82 Å². The highest BCUT2D eigenvalue weighted by atomic mass is 19.2. The molecule has 6 heteroatoms. The van der Waals surface area contributed by atoms with Crippen LogP contribution in [0.2, 0.25) is 0 Å². The third-order valence-electron chi connectivity index (χ3n) is 2.35. The van der Waals surface area contributed by atoms with Crippen LogP contribution >= 0.6 is 0 Å². The smallest absolute Gasteiger partial charge is 0.159 e. The zero-order chi connectivity index (χ0) is 13.0. The van der Waals surface area contributed by atoms with E-state index in [0.717, 1.165) is 12.1 Å². The number of hydrogen-bond donors (Lipinski definition) is 2. The highest BCUT2D eigenvalue weighted by Gasteiger charge is 2.03. The van der Waals surface area contributed by atoms with E-state index in [2.05, 4.69) is 15.3 Å². The summed E-state index contributed by atoms with van der Waals surface area (Å²) in [6.07, 6.45) is 1.59. The summed E-state index contributed by atoms with van der Waals surface area (Å²) < 4.78 is 25.7. The second kappa shape index (κ2) is 5.50. The predicted octanol–water partition coefficient (Wildman–Crippen LogP) is 1.83. The summed E-state index contributed by atoms with van der Waals surface area (Å²) in [7, 11) is 0. The molecule has 0 atom stereocenters. The molecule has 0 saturated heterocycles. The van der Waals surface area contributed by atoms with Crippen LogP contribution in [0.3, 0.4) is 0 Å². The van der Waals surface area contributed by atoms with Crippen LogP contribution < -0.4 is 11.1 Å². The topological polar surface area (TPSA) is 63.8 Å². The lowest BCUT2D eigenvalue weighted by molar-refractivity contribution is 0.507. The Hall–Kier alpha value is -2.08. The molecule has 0 unspecified atom stereocenters. The van der Waals surface area contributed by atoms with E-state index < -0.39 is 11.6 Å². The van der Waals surface area contributed by atoms with Crippen LogP contribution in [0, 0.1) is 11.6 Å². The van der Waals surface area contributed by atoms with E-state index in [4.69, 9.17) is 5.73 Å². The summed E-state index contributed by atoms with van der Waals surface area (Å²) in [5.41, 5.74) is 6.05. The maximum atomic E-state index is 13.0. The highest BCUT2D eigenvalue weighted by Crippen LogP contribution is 2.10. The van der Waals surface area contributed by atoms with Gasteiger partial charge < -0.3 is 11.1 Å². The number of halogens is 2. The Labute approximate surface area is 103 Å². The van der Waals surface area contributed by atoms with E-state index in [1.54, 1.807) is 12.3 Å². The molecule has 1 heterocycles. The summed E-state index contributed by atoms with van der Waals surface area (Å²) in [6.45, 7) is 0.596. The van der Waals surface area contributed by atoms with Crippen LogP contribution in [-0.4, -0.2) is 9.97 Å². The number of benzene rings is 1. The van der Waals surface area contributed by atoms with Gasteiger partial charge in [0.05, 0.1) is 6.54 Å². The van der Waals surface area contributed by atoms with E-state index in [1.165, 1.54) is 6.07 Å². The maximum Gasteiger partial charge on any atom is 0.159 e. The third-order valence-corrected chi connectivity index (χ3v) is 2.35. The average Bonchev–Trinajstić information content (AvgIpc) is 2.40. The lowest BCUT2D eigenvalue weighted by atomic mass is 10.2. The van der Waals surface area contributed by atoms with Crippen molar-refractivity contribution in [2.75, 3.05) is 5.32 Å². The van der Waals surface area contributed by atoms with Crippen LogP contribution in [0.5, 0.6) is 0 Å². The number of hydrogen-bond acceptors (Lipinski definition) is 4. The van der Waals surface area contributed by atoms with E-state index in [9.17, 15) is 8.78 Å². The molecule has 2 aromatic rings. The van der Waals surface area contributed by atoms with Gasteiger partial charge in [0.1, 0.15) is 11.6 Å². The number of anilines is 1. The molecule has 0 aliphatic heterocycles. The van der Waals surface area contributed by atoms with Gasteiger partial charge in [-0.2, -0.15) is 0 Å². The number of rotatable bonds is 4. The SMILES string of the molecule is NCc1nccc(NCc2ccc(F)c(F)c2)n1. The summed E-state index contributed by atoms with van der Waals surface area (Å²) in [5, 5.41) is 2.99. The molecule has 0 saturated carbocycles. The molecule has 18 heavy (non-hydrogen) atoms. The summed E-state index contributed by atoms with van der Waals surface area (Å²) >= 11 is 0. The predicted molar refractivity (Wildman–Crippen MR) is 63.6 cm³/mol. The Morgan fingerprint density at radius 1 is 1.17 bits per heavy atom. The fraction of sp³-hybridized carbons (Fsp3) is 0.167. The van der Waals surface area contributed by atoms with Crippen LogP contribution in [-0.2, 0) is 13.1 Å². The molecule has 0 amide bonds. The standard InChI is InChI=1S/C12H12F2N4/c13-9-2-1-8(5-10(9)14)7-17-11-3-4-16-12(6-15)18-11/h1-5H,6-7,15H2,(H,16,17,18). The molecular weight excluding hydrogens is 238 g/mol. The van der Waals surface area contributed by atoms with Gasteiger partial charge in [-0.1, -0.05) is 6.07 Å². The monoisotopic (exact) mass is 250 g/mol. The molecular formula is C12H12F2N4. The molecule has 4 nitrogen and oxygen atoms in total. The number of nitrogens with one attached hydrogen (secondary N) is 1. The first kappa shape index (κ1) is 12.4. The molecule has 0 bridgehead atoms. The van der Waals surface area contributed by atoms with E-state index >= 15 is 0 Å². The molecule has 0 aliphatic carbocycles. The minimum Gasteiger partial charge on any atom is -0.366 e. The number of nitrogens with zero attached hydrogens (tertiary/aromatic N) is 2. The molecule has 0 aliphatic rings. The quantitative estimate of drug-likeness (QED) is 0.868. The summed E-state index contributed by atoms with van der Waals surface area (Å²) in [5.74, 6) is -0.605. The molecule has 0 radical (unpaired) electrons. The van der Waals surface area contributed by atoms with Crippen molar-refractivity contribution in [1.82, 2.24) is 9.97 Å². The molecule has 0 fully saturated rings. The second-order valence-electron chi connectivity index (χ2n) is 3.66. The Bertz CT molecular complexity index is 545. The first-order valence-electron chi connectivity index (χ1n) is 5.39. The van der Waals surface area contributed by atoms with Gasteiger partial charge in [0.15, 0.2) is 11.6 Å². The van der Waals surface area contributed by atoms with Crippen LogP contribution in [0.25, 0.3) is 0 Å². The lowest BCUT2D eigenvalue weighted by Gasteiger charge is -2.06. The highest BCUT2D eigenvalue weighted by molar-refractivity contribution is 5.34. The van der Waals surface area contributed by atoms with E-state index in [1.807, 2.05) is 0 Å². The minimum absolute atomic E-state index is 0.251. The Morgan fingerprint density at radius 2 is 2.00 bits per heavy atom. The van der Waals surface area contributed by atoms with Crippen LogP contribution in [0.15, 0.2) is 30.5 Å². The fourth-order valence-corrected chi connectivity index (χ4v) is 1.44. The maximum absolute atomic E-state index is 13.0. The van der Waals surface area contributed by atoms with Crippen molar-refractivity contribution in [2.45, 2.75) is 13.1 Å². The molecule has 94 valence electrons. The van der Waals surface area contributed by atoms with Crippen molar-refractivity contribution < 1.29 is 8.78 Å². The first-order valence-corrected chi connectivity index (χ1v) is 5.39. The molecule has 1 aromatic carbocycles. The van der Waals surface area contributed by atoms with Gasteiger partial charge in [-0.3, -0.25) is 0 Å². The van der Waals surface area contributed by atoms with Crippen molar-refractivity contribution in [3.05, 3.63) is 53.5 Å². The molecule has 3 N–H and O–H groups in total. The van der Waals surface area contributed by atoms with Gasteiger partial charge in [-0.25, -0.2) is 18.7 Å². The summed E-state index contributed by atoms with van der Waals surface area (Å²) in [4.78, 5) is 8.08. The van der Waals surface area contributed by atoms with Crippen LogP contribution in [0.4, 0.5) is 14.6 Å². The van der Waals surface area contributed by atoms with Gasteiger partial charge in [0, 0.05) is 12.7 Å². The van der Waals surface area contributed by atoms with Crippen molar-refractivity contribution in [3.63, 3.8) is 0 Å². The van der Waals surface area contributed by atoms with Gasteiger partial charge in [0.25, 0.3) is 0 Å². The zero-order valence-electron chi connectivity index (χ0n) is 9.53. The Kier molecular flexibility index (Phi) is 3.78. The fourth-order valence-electron chi connectivity index (χ4n) is 1.44. The van der Waals surface area contributed by atoms with Gasteiger partial charge in [-0.15, -0.1) is 0 Å². The minimum atomic E-state index is -0.861. The van der Waals surface area contributed by atoms with E-state index in [-0.39, 0.29) is 6.54 Å². The van der Waals surface area contributed by atoms with Gasteiger partial charge in [-0.05, 0) is 23.8 Å². The summed E-state index contributed by atoms with van der Waals surface area (Å²) in [6, 6.07) is 5.43. The lowest BCUT2D eigenvalue weighted by Crippen LogP contribution is -2.07. The second-order valence-corrected chi connectivity index (χ2v) is 3.66. The zero-order valence-corrected chi connectivity index (χ0v) is 9.53. The van der Waals surface area contributed by atoms with Gasteiger partial charge >= 0.3 is 0 Å². The number of aromatic nitrogens is 2. The third kappa shape index (κ3) is 2.98. The Morgan fingerprint density at radius 3 is 2.72 bits per heavy atom. The number of nitrogens with two attached hydrogens (primary N) is 1. The molecule has 0 spiro atoms. The average molecular weight is 250 g/mol. The van der Waals surface area contributed by atoms with Crippen molar-refractivity contribution in [2.24, 2.45) is 5.73 Å². The van der Waals surface area contributed by atoms with Crippen LogP contribution in [0.1, 0.15) is 11.4 Å². The van der Waals surface area contributed by atoms with Gasteiger partial charge in [0.2, 0.25) is 0 Å². The van der Waals surface area contributed by atoms with E-state index in [0.29, 0.717) is 23.8 Å². The first-order chi connectivity index (χ1) is 8.69. The largest absolute Gasteiger partial charge is 0.366 e. The molecule has 2 rings (SSSR count). The van der Waals surface area contributed by atoms with Crippen molar-refractivity contribution in [1.29, 1.82) is 0 Å². The Balaban J connectivity index is 2.04.